The van der Waals surface area contributed by atoms with Crippen LogP contribution in [0.25, 0.3) is 0 Å². The van der Waals surface area contributed by atoms with Gasteiger partial charge >= 0.3 is 0 Å². The van der Waals surface area contributed by atoms with Gasteiger partial charge in [-0.2, -0.15) is 0 Å². The van der Waals surface area contributed by atoms with Crippen LogP contribution in [0.3, 0.4) is 0 Å². The molecule has 0 amide bonds. The van der Waals surface area contributed by atoms with Gasteiger partial charge in [-0.25, -0.2) is 4.39 Å². The monoisotopic (exact) mass is 308 g/mol. The first-order valence-electron chi connectivity index (χ1n) is 6.79. The molecule has 3 nitrogen and oxygen atoms in total. The molecule has 0 atom stereocenters. The van der Waals surface area contributed by atoms with Crippen LogP contribution in [0.4, 0.5) is 4.39 Å². The molecule has 1 aromatic heterocycles. The fourth-order valence-corrected chi connectivity index (χ4v) is 1.94. The normalized spacial score (nSPS) is 10.9. The van der Waals surface area contributed by atoms with Crippen LogP contribution in [-0.4, -0.2) is 11.0 Å². The zero-order chi connectivity index (χ0) is 15.2. The second kappa shape index (κ2) is 7.38. The van der Waals surface area contributed by atoms with Crippen LogP contribution in [-0.2, 0) is 13.2 Å². The maximum atomic E-state index is 14.0. The van der Waals surface area contributed by atoms with Gasteiger partial charge in [0.2, 0.25) is 0 Å². The third-order valence-corrected chi connectivity index (χ3v) is 3.29. The lowest BCUT2D eigenvalue weighted by Gasteiger charge is -2.11. The Morgan fingerprint density at radius 2 is 2.14 bits per heavy atom. The largest absolute Gasteiger partial charge is 0.486 e. The van der Waals surface area contributed by atoms with Crippen LogP contribution in [0.1, 0.15) is 25.0 Å². The zero-order valence-corrected chi connectivity index (χ0v) is 12.8. The number of aromatic nitrogens is 1. The van der Waals surface area contributed by atoms with Crippen LogP contribution in [0, 0.1) is 5.82 Å². The minimum Gasteiger partial charge on any atom is -0.486 e. The molecule has 0 unspecified atom stereocenters. The van der Waals surface area contributed by atoms with E-state index in [1.807, 2.05) is 19.9 Å². The molecular formula is C16H18ClFN2O. The van der Waals surface area contributed by atoms with Gasteiger partial charge in [0.1, 0.15) is 6.61 Å². The maximum absolute atomic E-state index is 14.0. The molecule has 1 heterocycles. The Morgan fingerprint density at radius 1 is 1.33 bits per heavy atom. The summed E-state index contributed by atoms with van der Waals surface area (Å²) in [6.07, 6.45) is 3.17. The first kappa shape index (κ1) is 15.7. The average molecular weight is 309 g/mol. The number of halogens is 2. The molecule has 0 spiro atoms. The second-order valence-electron chi connectivity index (χ2n) is 5.06. The Morgan fingerprint density at radius 3 is 2.81 bits per heavy atom. The van der Waals surface area contributed by atoms with E-state index in [0.717, 1.165) is 11.1 Å². The molecule has 2 rings (SSSR count). The molecule has 0 bridgehead atoms. The summed E-state index contributed by atoms with van der Waals surface area (Å²) in [7, 11) is 0. The smallest absolute Gasteiger partial charge is 0.165 e. The molecule has 0 saturated heterocycles. The molecule has 0 aliphatic carbocycles. The minimum atomic E-state index is -0.372. The number of nitrogens with one attached hydrogen (secondary N) is 1. The van der Waals surface area contributed by atoms with Crippen molar-refractivity contribution in [2.24, 2.45) is 0 Å². The summed E-state index contributed by atoms with van der Waals surface area (Å²) in [5.74, 6) is -0.153. The molecule has 0 aliphatic rings. The number of ether oxygens (including phenoxy) is 1. The predicted octanol–water partition coefficient (Wildman–Crippen LogP) is 3.95. The number of pyridine rings is 1. The Hall–Kier alpha value is -1.65. The summed E-state index contributed by atoms with van der Waals surface area (Å²) >= 11 is 5.98. The lowest BCUT2D eigenvalue weighted by molar-refractivity contribution is 0.290. The van der Waals surface area contributed by atoms with Gasteiger partial charge < -0.3 is 10.1 Å². The molecule has 1 aromatic carbocycles. The lowest BCUT2D eigenvalue weighted by atomic mass is 10.2. The van der Waals surface area contributed by atoms with E-state index in [1.165, 1.54) is 12.3 Å². The number of hydrogen-bond acceptors (Lipinski definition) is 3. The molecule has 21 heavy (non-hydrogen) atoms. The van der Waals surface area contributed by atoms with Crippen LogP contribution in [0.15, 0.2) is 36.7 Å². The zero-order valence-electron chi connectivity index (χ0n) is 12.1. The Balaban J connectivity index is 1.99. The molecule has 5 heteroatoms. The molecule has 1 N–H and O–H groups in total. The van der Waals surface area contributed by atoms with Crippen molar-refractivity contribution in [3.8, 4) is 5.75 Å². The van der Waals surface area contributed by atoms with Gasteiger partial charge in [-0.15, -0.1) is 0 Å². The van der Waals surface area contributed by atoms with Crippen molar-refractivity contribution in [2.75, 3.05) is 0 Å². The number of hydrogen-bond donors (Lipinski definition) is 1. The Bertz CT molecular complexity index is 605. The summed E-state index contributed by atoms with van der Waals surface area (Å²) in [4.78, 5) is 3.90. The van der Waals surface area contributed by atoms with Gasteiger partial charge in [0.25, 0.3) is 0 Å². The third-order valence-electron chi connectivity index (χ3n) is 2.95. The molecular weight excluding hydrogens is 291 g/mol. The van der Waals surface area contributed by atoms with Crippen LogP contribution < -0.4 is 10.1 Å². The third kappa shape index (κ3) is 4.69. The first-order chi connectivity index (χ1) is 10.1. The lowest BCUT2D eigenvalue weighted by Crippen LogP contribution is -2.21. The van der Waals surface area contributed by atoms with Gasteiger partial charge in [-0.1, -0.05) is 31.5 Å². The summed E-state index contributed by atoms with van der Waals surface area (Å²) in [5, 5.41) is 3.75. The quantitative estimate of drug-likeness (QED) is 0.877. The number of rotatable bonds is 6. The van der Waals surface area contributed by atoms with E-state index in [2.05, 4.69) is 10.3 Å². The van der Waals surface area contributed by atoms with Crippen molar-refractivity contribution in [1.82, 2.24) is 10.3 Å². The van der Waals surface area contributed by atoms with Gasteiger partial charge in [-0.3, -0.25) is 4.98 Å². The molecule has 0 radical (unpaired) electrons. The fourth-order valence-electron chi connectivity index (χ4n) is 1.77. The summed E-state index contributed by atoms with van der Waals surface area (Å²) in [6, 6.07) is 7.09. The Labute approximate surface area is 129 Å². The predicted molar refractivity (Wildman–Crippen MR) is 82.0 cm³/mol. The van der Waals surface area contributed by atoms with E-state index in [4.69, 9.17) is 16.3 Å². The van der Waals surface area contributed by atoms with E-state index in [1.54, 1.807) is 18.3 Å². The topological polar surface area (TPSA) is 34.1 Å². The summed E-state index contributed by atoms with van der Waals surface area (Å²) in [5.41, 5.74) is 1.66. The first-order valence-corrected chi connectivity index (χ1v) is 7.17. The average Bonchev–Trinajstić information content (AvgIpc) is 2.45. The van der Waals surface area contributed by atoms with Gasteiger partial charge in [-0.05, 0) is 23.8 Å². The summed E-state index contributed by atoms with van der Waals surface area (Å²) < 4.78 is 19.5. The van der Waals surface area contributed by atoms with Gasteiger partial charge in [0, 0.05) is 30.5 Å². The van der Waals surface area contributed by atoms with Crippen molar-refractivity contribution >= 4 is 11.6 Å². The fraction of sp³-hybridized carbons (Fsp3) is 0.312. The van der Waals surface area contributed by atoms with Crippen molar-refractivity contribution in [2.45, 2.75) is 33.0 Å². The summed E-state index contributed by atoms with van der Waals surface area (Å²) in [6.45, 7) is 4.94. The highest BCUT2D eigenvalue weighted by molar-refractivity contribution is 6.31. The number of benzene rings is 1. The van der Waals surface area contributed by atoms with E-state index in [-0.39, 0.29) is 18.2 Å². The highest BCUT2D eigenvalue weighted by Crippen LogP contribution is 2.21. The van der Waals surface area contributed by atoms with Crippen molar-refractivity contribution in [3.63, 3.8) is 0 Å². The standard InChI is InChI=1S/C16H18ClFN2O/c1-11(2)20-8-12-3-4-16(15(18)7-12)21-10-13-5-6-19-9-14(13)17/h3-7,9,11,20H,8,10H2,1-2H3. The van der Waals surface area contributed by atoms with E-state index >= 15 is 0 Å². The van der Waals surface area contributed by atoms with E-state index in [0.29, 0.717) is 17.6 Å². The molecule has 2 aromatic rings. The van der Waals surface area contributed by atoms with E-state index < -0.39 is 0 Å². The van der Waals surface area contributed by atoms with Crippen LogP contribution in [0.2, 0.25) is 5.02 Å². The SMILES string of the molecule is CC(C)NCc1ccc(OCc2ccncc2Cl)c(F)c1. The maximum Gasteiger partial charge on any atom is 0.165 e. The molecule has 0 fully saturated rings. The minimum absolute atomic E-state index is 0.210. The van der Waals surface area contributed by atoms with Crippen molar-refractivity contribution in [1.29, 1.82) is 0 Å². The molecule has 0 aliphatic heterocycles. The van der Waals surface area contributed by atoms with Crippen LogP contribution >= 0.6 is 11.6 Å². The van der Waals surface area contributed by atoms with Gasteiger partial charge in [0.15, 0.2) is 11.6 Å². The second-order valence-corrected chi connectivity index (χ2v) is 5.46. The molecule has 112 valence electrons. The van der Waals surface area contributed by atoms with Crippen LogP contribution in [0.5, 0.6) is 5.75 Å². The molecule has 0 saturated carbocycles. The Kier molecular flexibility index (Phi) is 5.53. The van der Waals surface area contributed by atoms with E-state index in [9.17, 15) is 4.39 Å². The van der Waals surface area contributed by atoms with Crippen molar-refractivity contribution in [3.05, 3.63) is 58.6 Å². The highest BCUT2D eigenvalue weighted by atomic mass is 35.5. The number of nitrogens with zero attached hydrogens (tertiary/aromatic N) is 1. The highest BCUT2D eigenvalue weighted by Gasteiger charge is 2.07. The van der Waals surface area contributed by atoms with Crippen molar-refractivity contribution < 1.29 is 9.13 Å². The van der Waals surface area contributed by atoms with Gasteiger partial charge in [0.05, 0.1) is 5.02 Å².